The largest absolute Gasteiger partial charge is 0.333 e. The molecule has 0 saturated carbocycles. The standard InChI is InChI=1S/C16H18N2O8S2/c19-11-17-15(18-12-20)9-8-14(7-6-13-4-2-1-3-5-13)16(10-15,27(21,22)23)28(24,25)26/h1-9,11-12,14H,10H2,(H,17,19)(H,18,20)(H,21,22,23)(H,24,25,26). The van der Waals surface area contributed by atoms with Crippen LogP contribution in [0.1, 0.15) is 12.0 Å². The Hall–Kier alpha value is -2.54. The lowest BCUT2D eigenvalue weighted by Crippen LogP contribution is -2.65. The molecule has 1 aromatic rings. The molecular weight excluding hydrogens is 412 g/mol. The molecule has 1 unspecified atom stereocenters. The predicted molar refractivity (Wildman–Crippen MR) is 99.7 cm³/mol. The molecule has 1 aromatic carbocycles. The zero-order valence-corrected chi connectivity index (χ0v) is 15.9. The Bertz CT molecular complexity index is 958. The molecule has 0 aliphatic heterocycles. The molecule has 0 fully saturated rings. The van der Waals surface area contributed by atoms with E-state index in [2.05, 4.69) is 10.6 Å². The molecule has 2 rings (SSSR count). The van der Waals surface area contributed by atoms with Crippen LogP contribution in [0.15, 0.2) is 48.6 Å². The van der Waals surface area contributed by atoms with Gasteiger partial charge < -0.3 is 10.6 Å². The lowest BCUT2D eigenvalue weighted by molar-refractivity contribution is -0.114. The molecule has 1 aliphatic rings. The lowest BCUT2D eigenvalue weighted by atomic mass is 9.86. The minimum atomic E-state index is -5.46. The lowest BCUT2D eigenvalue weighted by Gasteiger charge is -2.43. The molecule has 0 aromatic heterocycles. The average Bonchev–Trinajstić information content (AvgIpc) is 2.60. The monoisotopic (exact) mass is 430 g/mol. The Kier molecular flexibility index (Phi) is 6.09. The summed E-state index contributed by atoms with van der Waals surface area (Å²) in [6.45, 7) is 0. The predicted octanol–water partition coefficient (Wildman–Crippen LogP) is -0.0639. The molecule has 4 N–H and O–H groups in total. The summed E-state index contributed by atoms with van der Waals surface area (Å²) < 4.78 is 65.2. The van der Waals surface area contributed by atoms with Gasteiger partial charge in [0.15, 0.2) is 0 Å². The molecule has 2 amide bonds. The van der Waals surface area contributed by atoms with E-state index in [1.807, 2.05) is 0 Å². The van der Waals surface area contributed by atoms with Gasteiger partial charge in [-0.3, -0.25) is 18.7 Å². The minimum Gasteiger partial charge on any atom is -0.333 e. The summed E-state index contributed by atoms with van der Waals surface area (Å²) in [6.07, 6.45) is 3.96. The Morgan fingerprint density at radius 3 is 1.96 bits per heavy atom. The number of benzene rings is 1. The van der Waals surface area contributed by atoms with Gasteiger partial charge in [0.2, 0.25) is 16.9 Å². The second-order valence-electron chi connectivity index (χ2n) is 6.09. The van der Waals surface area contributed by atoms with Gasteiger partial charge in [-0.05, 0) is 11.6 Å². The third kappa shape index (κ3) is 3.99. The van der Waals surface area contributed by atoms with Crippen LogP contribution < -0.4 is 10.6 Å². The Labute approximate surface area is 161 Å². The number of allylic oxidation sites excluding steroid dienone is 2. The summed E-state index contributed by atoms with van der Waals surface area (Å²) >= 11 is 0. The number of hydrogen-bond acceptors (Lipinski definition) is 6. The van der Waals surface area contributed by atoms with Gasteiger partial charge in [0, 0.05) is 12.3 Å². The van der Waals surface area contributed by atoms with Crippen molar-refractivity contribution in [3.05, 3.63) is 54.1 Å². The summed E-state index contributed by atoms with van der Waals surface area (Å²) in [5, 5.41) is 4.21. The number of rotatable bonds is 8. The number of nitrogens with one attached hydrogen (secondary N) is 2. The van der Waals surface area contributed by atoms with E-state index in [1.54, 1.807) is 30.3 Å². The highest BCUT2D eigenvalue weighted by atomic mass is 32.3. The fraction of sp³-hybridized carbons (Fsp3) is 0.250. The highest BCUT2D eigenvalue weighted by molar-refractivity contribution is 8.05. The SMILES string of the molecule is O=CNC1(NC=O)C=CC(C=Cc2ccccc2)C(S(=O)(=O)O)(S(=O)(=O)O)C1. The number of hydrogen-bond donors (Lipinski definition) is 4. The third-order valence-corrected chi connectivity index (χ3v) is 8.27. The number of amides is 2. The maximum absolute atomic E-state index is 12.2. The third-order valence-electron chi connectivity index (χ3n) is 4.42. The van der Waals surface area contributed by atoms with Gasteiger partial charge in [-0.2, -0.15) is 16.8 Å². The molecule has 0 bridgehead atoms. The van der Waals surface area contributed by atoms with Gasteiger partial charge in [0.1, 0.15) is 5.66 Å². The quantitative estimate of drug-likeness (QED) is 0.192. The first-order chi connectivity index (χ1) is 13.0. The highest BCUT2D eigenvalue weighted by Gasteiger charge is 2.63. The van der Waals surface area contributed by atoms with Crippen LogP contribution in [0.2, 0.25) is 0 Å². The van der Waals surface area contributed by atoms with E-state index in [1.165, 1.54) is 18.2 Å². The van der Waals surface area contributed by atoms with E-state index in [0.717, 1.165) is 6.08 Å². The van der Waals surface area contributed by atoms with Crippen LogP contribution in [0.5, 0.6) is 0 Å². The first-order valence-corrected chi connectivity index (χ1v) is 10.7. The zero-order chi connectivity index (χ0) is 21.1. The molecule has 0 radical (unpaired) electrons. The average molecular weight is 430 g/mol. The van der Waals surface area contributed by atoms with Gasteiger partial charge >= 0.3 is 0 Å². The molecule has 1 aliphatic carbocycles. The fourth-order valence-electron chi connectivity index (χ4n) is 3.08. The summed E-state index contributed by atoms with van der Waals surface area (Å²) in [5.41, 5.74) is -1.36. The molecule has 10 nitrogen and oxygen atoms in total. The highest BCUT2D eigenvalue weighted by Crippen LogP contribution is 2.44. The summed E-state index contributed by atoms with van der Waals surface area (Å²) in [5.74, 6) is -1.53. The zero-order valence-electron chi connectivity index (χ0n) is 14.3. The van der Waals surface area contributed by atoms with Crippen molar-refractivity contribution in [2.75, 3.05) is 0 Å². The van der Waals surface area contributed by atoms with Crippen molar-refractivity contribution in [3.63, 3.8) is 0 Å². The molecule has 1 atom stereocenters. The van der Waals surface area contributed by atoms with Crippen LogP contribution in [0.25, 0.3) is 6.08 Å². The van der Waals surface area contributed by atoms with Crippen molar-refractivity contribution in [1.29, 1.82) is 0 Å². The van der Waals surface area contributed by atoms with Crippen molar-refractivity contribution < 1.29 is 35.5 Å². The smallest absolute Gasteiger partial charge is 0.288 e. The van der Waals surface area contributed by atoms with Crippen molar-refractivity contribution in [2.45, 2.75) is 16.2 Å². The molecule has 0 spiro atoms. The fourth-order valence-corrected chi connectivity index (χ4v) is 5.97. The maximum atomic E-state index is 12.2. The maximum Gasteiger partial charge on any atom is 0.288 e. The van der Waals surface area contributed by atoms with Crippen molar-refractivity contribution in [3.8, 4) is 0 Å². The van der Waals surface area contributed by atoms with E-state index in [-0.39, 0.29) is 12.8 Å². The number of carbonyl (C=O) groups excluding carboxylic acids is 2. The van der Waals surface area contributed by atoms with Gasteiger partial charge in [-0.15, -0.1) is 0 Å². The van der Waals surface area contributed by atoms with Crippen LogP contribution in [0, 0.1) is 5.92 Å². The van der Waals surface area contributed by atoms with E-state index >= 15 is 0 Å². The van der Waals surface area contributed by atoms with Crippen molar-refractivity contribution >= 4 is 39.1 Å². The topological polar surface area (TPSA) is 167 Å². The van der Waals surface area contributed by atoms with Crippen LogP contribution in [0.3, 0.4) is 0 Å². The Morgan fingerprint density at radius 1 is 0.964 bits per heavy atom. The second kappa shape index (κ2) is 7.83. The summed E-state index contributed by atoms with van der Waals surface area (Å²) in [7, 11) is -10.9. The van der Waals surface area contributed by atoms with E-state index in [0.29, 0.717) is 5.56 Å². The summed E-state index contributed by atoms with van der Waals surface area (Å²) in [6, 6.07) is 8.46. The molecular formula is C16H18N2O8S2. The minimum absolute atomic E-state index is 0.111. The molecule has 0 saturated heterocycles. The van der Waals surface area contributed by atoms with Gasteiger partial charge in [-0.1, -0.05) is 48.6 Å². The van der Waals surface area contributed by atoms with Crippen molar-refractivity contribution in [2.24, 2.45) is 5.92 Å². The number of carbonyl (C=O) groups is 2. The summed E-state index contributed by atoms with van der Waals surface area (Å²) in [4.78, 5) is 21.8. The Morgan fingerprint density at radius 2 is 1.50 bits per heavy atom. The van der Waals surface area contributed by atoms with E-state index < -0.39 is 42.3 Å². The van der Waals surface area contributed by atoms with Gasteiger partial charge in [0.05, 0.1) is 0 Å². The second-order valence-corrected chi connectivity index (χ2v) is 9.70. The van der Waals surface area contributed by atoms with Crippen LogP contribution in [-0.4, -0.2) is 48.5 Å². The van der Waals surface area contributed by atoms with Crippen molar-refractivity contribution in [1.82, 2.24) is 10.6 Å². The normalized spacial score (nSPS) is 21.1. The van der Waals surface area contributed by atoms with Crippen LogP contribution in [0.4, 0.5) is 0 Å². The first-order valence-electron chi connectivity index (χ1n) is 7.81. The van der Waals surface area contributed by atoms with E-state index in [9.17, 15) is 35.5 Å². The van der Waals surface area contributed by atoms with Gasteiger partial charge in [0.25, 0.3) is 20.2 Å². The van der Waals surface area contributed by atoms with Crippen LogP contribution >= 0.6 is 0 Å². The molecule has 28 heavy (non-hydrogen) atoms. The van der Waals surface area contributed by atoms with Gasteiger partial charge in [-0.25, -0.2) is 0 Å². The molecule has 0 heterocycles. The molecule has 12 heteroatoms. The Balaban J connectivity index is 2.71. The first kappa shape index (κ1) is 21.8. The molecule has 152 valence electrons. The van der Waals surface area contributed by atoms with E-state index in [4.69, 9.17) is 0 Å². The van der Waals surface area contributed by atoms with Crippen LogP contribution in [-0.2, 0) is 29.8 Å².